The molecule has 0 nitrogen and oxygen atoms in total. The highest BCUT2D eigenvalue weighted by Gasteiger charge is 1.92. The van der Waals surface area contributed by atoms with Gasteiger partial charge < -0.3 is 0 Å². The van der Waals surface area contributed by atoms with Crippen molar-refractivity contribution in [3.63, 3.8) is 0 Å². The molecule has 0 saturated heterocycles. The van der Waals surface area contributed by atoms with E-state index in [0.29, 0.717) is 0 Å². The van der Waals surface area contributed by atoms with Crippen molar-refractivity contribution in [2.75, 3.05) is 0 Å². The van der Waals surface area contributed by atoms with Crippen molar-refractivity contribution in [2.24, 2.45) is 0 Å². The maximum Gasteiger partial charge on any atom is -0.0326 e. The molecule has 0 aromatic heterocycles. The summed E-state index contributed by atoms with van der Waals surface area (Å²) in [6.45, 7) is 8.23. The number of hydrogen-bond donors (Lipinski definition) is 0. The van der Waals surface area contributed by atoms with Gasteiger partial charge in [-0.2, -0.15) is 0 Å². The first kappa shape index (κ1) is 17.2. The van der Waals surface area contributed by atoms with Crippen LogP contribution in [0.4, 0.5) is 0 Å². The van der Waals surface area contributed by atoms with Gasteiger partial charge in [-0.05, 0) is 39.0 Å². The van der Waals surface area contributed by atoms with E-state index in [1.54, 1.807) is 0 Å². The summed E-state index contributed by atoms with van der Waals surface area (Å²) < 4.78 is 0. The van der Waals surface area contributed by atoms with Crippen LogP contribution < -0.4 is 0 Å². The Kier molecular flexibility index (Phi) is 13.7. The molecule has 0 fully saturated rings. The van der Waals surface area contributed by atoms with Gasteiger partial charge in [0.05, 0.1) is 0 Å². The van der Waals surface area contributed by atoms with Crippen LogP contribution in [0.5, 0.6) is 0 Å². The average molecular weight is 248 g/mol. The van der Waals surface area contributed by atoms with Crippen LogP contribution in [-0.4, -0.2) is 0 Å². The number of unbranched alkanes of at least 4 members (excludes halogenated alkanes) is 7. The lowest BCUT2D eigenvalue weighted by Gasteiger charge is -2.01. The van der Waals surface area contributed by atoms with Gasteiger partial charge in [-0.3, -0.25) is 0 Å². The topological polar surface area (TPSA) is 0 Å². The van der Waals surface area contributed by atoms with E-state index in [1.807, 2.05) is 0 Å². The smallest absolute Gasteiger partial charge is 0.0326 e. The van der Waals surface area contributed by atoms with Gasteiger partial charge >= 0.3 is 0 Å². The van der Waals surface area contributed by atoms with E-state index in [-0.39, 0.29) is 0 Å². The molecule has 0 unspecified atom stereocenters. The Labute approximate surface area is 115 Å². The van der Waals surface area contributed by atoms with Crippen LogP contribution in [0.15, 0.2) is 36.5 Å². The van der Waals surface area contributed by atoms with Crippen molar-refractivity contribution >= 4 is 0 Å². The molecule has 0 amide bonds. The highest BCUT2D eigenvalue weighted by molar-refractivity contribution is 5.01. The summed E-state index contributed by atoms with van der Waals surface area (Å²) in [5.41, 5.74) is 1.33. The minimum Gasteiger partial charge on any atom is -0.100 e. The Hall–Kier alpha value is -0.780. The summed E-state index contributed by atoms with van der Waals surface area (Å²) >= 11 is 0. The summed E-state index contributed by atoms with van der Waals surface area (Å²) in [7, 11) is 0. The van der Waals surface area contributed by atoms with E-state index >= 15 is 0 Å². The van der Waals surface area contributed by atoms with Crippen LogP contribution >= 0.6 is 0 Å². The SMILES string of the molecule is C=C(C)CCCCCCCCC/C=C\C=C/CC. The third-order valence-corrected chi connectivity index (χ3v) is 3.09. The van der Waals surface area contributed by atoms with E-state index in [4.69, 9.17) is 0 Å². The van der Waals surface area contributed by atoms with Crippen molar-refractivity contribution in [1.82, 2.24) is 0 Å². The van der Waals surface area contributed by atoms with Crippen molar-refractivity contribution in [3.05, 3.63) is 36.5 Å². The monoisotopic (exact) mass is 248 g/mol. The van der Waals surface area contributed by atoms with Crippen LogP contribution in [0.2, 0.25) is 0 Å². The predicted octanol–water partition coefficient (Wildman–Crippen LogP) is 6.60. The fourth-order valence-electron chi connectivity index (χ4n) is 1.96. The largest absolute Gasteiger partial charge is 0.100 e. The maximum absolute atomic E-state index is 3.94. The predicted molar refractivity (Wildman–Crippen MR) is 84.9 cm³/mol. The third kappa shape index (κ3) is 15.2. The van der Waals surface area contributed by atoms with Gasteiger partial charge in [-0.1, -0.05) is 68.9 Å². The van der Waals surface area contributed by atoms with Gasteiger partial charge in [-0.15, -0.1) is 6.58 Å². The van der Waals surface area contributed by atoms with Crippen molar-refractivity contribution < 1.29 is 0 Å². The van der Waals surface area contributed by atoms with E-state index in [9.17, 15) is 0 Å². The fraction of sp³-hybridized carbons (Fsp3) is 0.667. The third-order valence-electron chi connectivity index (χ3n) is 3.09. The molecule has 0 spiro atoms. The maximum atomic E-state index is 3.94. The number of allylic oxidation sites excluding steroid dienone is 5. The van der Waals surface area contributed by atoms with Gasteiger partial charge in [-0.25, -0.2) is 0 Å². The molecule has 0 aromatic rings. The summed E-state index contributed by atoms with van der Waals surface area (Å²) in [6, 6.07) is 0. The summed E-state index contributed by atoms with van der Waals surface area (Å²) in [4.78, 5) is 0. The van der Waals surface area contributed by atoms with Crippen molar-refractivity contribution in [2.45, 2.75) is 78.1 Å². The van der Waals surface area contributed by atoms with Gasteiger partial charge in [0.25, 0.3) is 0 Å². The van der Waals surface area contributed by atoms with Crippen molar-refractivity contribution in [3.8, 4) is 0 Å². The van der Waals surface area contributed by atoms with Crippen LogP contribution in [0.3, 0.4) is 0 Å². The molecule has 104 valence electrons. The minimum absolute atomic E-state index is 1.13. The van der Waals surface area contributed by atoms with E-state index < -0.39 is 0 Å². The first-order chi connectivity index (χ1) is 8.77. The Balaban J connectivity index is 3.09. The quantitative estimate of drug-likeness (QED) is 0.207. The molecule has 0 saturated carbocycles. The second kappa shape index (κ2) is 14.3. The molecule has 0 radical (unpaired) electrons. The fourth-order valence-corrected chi connectivity index (χ4v) is 1.96. The first-order valence-corrected chi connectivity index (χ1v) is 7.73. The molecule has 0 aliphatic rings. The molecule has 0 N–H and O–H groups in total. The van der Waals surface area contributed by atoms with Crippen molar-refractivity contribution in [1.29, 1.82) is 0 Å². The molecule has 0 atom stereocenters. The molecular formula is C18H32. The molecule has 0 aromatic carbocycles. The van der Waals surface area contributed by atoms with Crippen LogP contribution in [0, 0.1) is 0 Å². The summed E-state index contributed by atoms with van der Waals surface area (Å²) in [5.74, 6) is 0. The molecule has 0 heteroatoms. The van der Waals surface area contributed by atoms with Crippen LogP contribution in [0.1, 0.15) is 78.1 Å². The Bertz CT molecular complexity index is 232. The molecule has 18 heavy (non-hydrogen) atoms. The minimum atomic E-state index is 1.13. The van der Waals surface area contributed by atoms with Gasteiger partial charge in [0, 0.05) is 0 Å². The normalized spacial score (nSPS) is 11.7. The molecular weight excluding hydrogens is 216 g/mol. The Morgan fingerprint density at radius 2 is 1.39 bits per heavy atom. The van der Waals surface area contributed by atoms with Crippen LogP contribution in [0.25, 0.3) is 0 Å². The average Bonchev–Trinajstić information content (AvgIpc) is 2.34. The highest BCUT2D eigenvalue weighted by Crippen LogP contribution is 2.11. The molecule has 0 aliphatic carbocycles. The molecule has 0 bridgehead atoms. The zero-order valence-corrected chi connectivity index (χ0v) is 12.6. The number of rotatable bonds is 12. The second-order valence-corrected chi connectivity index (χ2v) is 5.24. The number of hydrogen-bond acceptors (Lipinski definition) is 0. The second-order valence-electron chi connectivity index (χ2n) is 5.24. The van der Waals surface area contributed by atoms with E-state index in [1.165, 1.54) is 63.4 Å². The van der Waals surface area contributed by atoms with Crippen LogP contribution in [-0.2, 0) is 0 Å². The van der Waals surface area contributed by atoms with Gasteiger partial charge in [0.15, 0.2) is 0 Å². The molecule has 0 heterocycles. The zero-order valence-electron chi connectivity index (χ0n) is 12.6. The zero-order chi connectivity index (χ0) is 13.5. The summed E-state index contributed by atoms with van der Waals surface area (Å²) in [5, 5.41) is 0. The summed E-state index contributed by atoms with van der Waals surface area (Å²) in [6.07, 6.45) is 22.1. The first-order valence-electron chi connectivity index (χ1n) is 7.73. The Morgan fingerprint density at radius 1 is 0.833 bits per heavy atom. The van der Waals surface area contributed by atoms with E-state index in [0.717, 1.165) is 6.42 Å². The van der Waals surface area contributed by atoms with Gasteiger partial charge in [0.2, 0.25) is 0 Å². The highest BCUT2D eigenvalue weighted by atomic mass is 14.0. The molecule has 0 rings (SSSR count). The lowest BCUT2D eigenvalue weighted by atomic mass is 10.1. The lowest BCUT2D eigenvalue weighted by Crippen LogP contribution is -1.81. The Morgan fingerprint density at radius 3 is 2.00 bits per heavy atom. The van der Waals surface area contributed by atoms with E-state index in [2.05, 4.69) is 44.7 Å². The standard InChI is InChI=1S/C18H32/c1-4-5-6-7-8-9-10-11-12-13-14-15-16-17-18(2)3/h5-8H,2,4,9-17H2,1,3H3/b6-5-,8-7-. The lowest BCUT2D eigenvalue weighted by molar-refractivity contribution is 0.581. The van der Waals surface area contributed by atoms with Gasteiger partial charge in [0.1, 0.15) is 0 Å². The molecule has 0 aliphatic heterocycles.